The molecule has 0 aliphatic rings. The van der Waals surface area contributed by atoms with Gasteiger partial charge in [0.05, 0.1) is 15.5 Å². The molecule has 7 heteroatoms. The highest BCUT2D eigenvalue weighted by molar-refractivity contribution is 7.89. The van der Waals surface area contributed by atoms with Crippen LogP contribution in [0.25, 0.3) is 0 Å². The number of benzene rings is 2. The molecule has 0 aromatic heterocycles. The first-order chi connectivity index (χ1) is 11.8. The Kier molecular flexibility index (Phi) is 6.21. The van der Waals surface area contributed by atoms with Crippen molar-refractivity contribution in [2.24, 2.45) is 0 Å². The van der Waals surface area contributed by atoms with E-state index in [9.17, 15) is 13.2 Å². The number of carbonyl (C=O) groups excluding carboxylic acids is 1. The summed E-state index contributed by atoms with van der Waals surface area (Å²) < 4.78 is 26.6. The van der Waals surface area contributed by atoms with E-state index < -0.39 is 15.9 Å². The summed E-state index contributed by atoms with van der Waals surface area (Å²) in [5.41, 5.74) is 1.75. The average Bonchev–Trinajstić information content (AvgIpc) is 2.55. The van der Waals surface area contributed by atoms with Crippen molar-refractivity contribution in [1.29, 1.82) is 0 Å². The van der Waals surface area contributed by atoms with Gasteiger partial charge >= 0.3 is 0 Å². The number of carbonyl (C=O) groups is 1. The van der Waals surface area contributed by atoms with Crippen LogP contribution in [-0.4, -0.2) is 31.7 Å². The zero-order valence-corrected chi connectivity index (χ0v) is 16.0. The number of hydrogen-bond acceptors (Lipinski definition) is 3. The van der Waals surface area contributed by atoms with Crippen LogP contribution in [-0.2, 0) is 10.0 Å². The molecule has 2 aromatic carbocycles. The summed E-state index contributed by atoms with van der Waals surface area (Å²) in [5.74, 6) is -0.452. The summed E-state index contributed by atoms with van der Waals surface area (Å²) in [6, 6.07) is 11.5. The van der Waals surface area contributed by atoms with Gasteiger partial charge in [-0.1, -0.05) is 37.6 Å². The van der Waals surface area contributed by atoms with Crippen molar-refractivity contribution < 1.29 is 13.2 Å². The number of sulfonamides is 1. The molecular weight excluding hydrogens is 360 g/mol. The minimum Gasteiger partial charge on any atom is -0.322 e. The van der Waals surface area contributed by atoms with Crippen LogP contribution in [0.15, 0.2) is 47.4 Å². The SMILES string of the molecule is CCN(CC)S(=O)(=O)c1ccc(Cl)c(C(=O)Nc2cccc(C)c2)c1. The molecule has 0 unspecified atom stereocenters. The summed E-state index contributed by atoms with van der Waals surface area (Å²) in [6.07, 6.45) is 0. The summed E-state index contributed by atoms with van der Waals surface area (Å²) in [6.45, 7) is 6.16. The van der Waals surface area contributed by atoms with Gasteiger partial charge in [-0.25, -0.2) is 8.42 Å². The van der Waals surface area contributed by atoms with E-state index in [1.807, 2.05) is 25.1 Å². The molecule has 2 rings (SSSR count). The molecule has 0 fully saturated rings. The highest BCUT2D eigenvalue weighted by Gasteiger charge is 2.23. The molecule has 0 aliphatic heterocycles. The monoisotopic (exact) mass is 380 g/mol. The fourth-order valence-electron chi connectivity index (χ4n) is 2.47. The molecule has 1 N–H and O–H groups in total. The maximum Gasteiger partial charge on any atom is 0.257 e. The number of nitrogens with zero attached hydrogens (tertiary/aromatic N) is 1. The lowest BCUT2D eigenvalue weighted by molar-refractivity contribution is 0.102. The Hall–Kier alpha value is -1.89. The molecule has 0 saturated heterocycles. The second-order valence-electron chi connectivity index (χ2n) is 5.55. The van der Waals surface area contributed by atoms with Crippen LogP contribution in [0, 0.1) is 6.92 Å². The van der Waals surface area contributed by atoms with Gasteiger partial charge in [0, 0.05) is 18.8 Å². The van der Waals surface area contributed by atoms with Crippen molar-refractivity contribution in [3.8, 4) is 0 Å². The molecule has 134 valence electrons. The molecule has 5 nitrogen and oxygen atoms in total. The summed E-state index contributed by atoms with van der Waals surface area (Å²) in [4.78, 5) is 12.6. The van der Waals surface area contributed by atoms with Gasteiger partial charge in [0.25, 0.3) is 5.91 Å². The van der Waals surface area contributed by atoms with Crippen molar-refractivity contribution in [3.05, 3.63) is 58.6 Å². The number of nitrogens with one attached hydrogen (secondary N) is 1. The van der Waals surface area contributed by atoms with Gasteiger partial charge in [-0.15, -0.1) is 0 Å². The van der Waals surface area contributed by atoms with Crippen LogP contribution >= 0.6 is 11.6 Å². The van der Waals surface area contributed by atoms with Crippen molar-refractivity contribution in [2.45, 2.75) is 25.7 Å². The zero-order valence-electron chi connectivity index (χ0n) is 14.4. The Bertz CT molecular complexity index is 878. The Morgan fingerprint density at radius 1 is 1.12 bits per heavy atom. The number of hydrogen-bond donors (Lipinski definition) is 1. The van der Waals surface area contributed by atoms with Crippen LogP contribution in [0.1, 0.15) is 29.8 Å². The third-order valence-corrected chi connectivity index (χ3v) is 6.18. The molecule has 0 spiro atoms. The molecule has 0 radical (unpaired) electrons. The predicted molar refractivity (Wildman–Crippen MR) is 101 cm³/mol. The van der Waals surface area contributed by atoms with Crippen LogP contribution < -0.4 is 5.32 Å². The van der Waals surface area contributed by atoms with E-state index >= 15 is 0 Å². The summed E-state index contributed by atoms with van der Waals surface area (Å²) in [7, 11) is -3.66. The van der Waals surface area contributed by atoms with Gasteiger partial charge in [-0.2, -0.15) is 4.31 Å². The predicted octanol–water partition coefficient (Wildman–Crippen LogP) is 3.93. The van der Waals surface area contributed by atoms with Crippen LogP contribution in [0.2, 0.25) is 5.02 Å². The molecule has 0 atom stereocenters. The van der Waals surface area contributed by atoms with Crippen molar-refractivity contribution in [2.75, 3.05) is 18.4 Å². The maximum absolute atomic E-state index is 12.6. The van der Waals surface area contributed by atoms with Gasteiger partial charge in [-0.05, 0) is 42.8 Å². The fraction of sp³-hybridized carbons (Fsp3) is 0.278. The largest absolute Gasteiger partial charge is 0.322 e. The number of rotatable bonds is 6. The van der Waals surface area contributed by atoms with E-state index in [2.05, 4.69) is 5.32 Å². The normalized spacial score (nSPS) is 11.6. The Morgan fingerprint density at radius 3 is 2.40 bits per heavy atom. The van der Waals surface area contributed by atoms with E-state index in [-0.39, 0.29) is 15.5 Å². The second kappa shape index (κ2) is 7.99. The number of amides is 1. The maximum atomic E-state index is 12.6. The molecule has 0 bridgehead atoms. The van der Waals surface area contributed by atoms with Crippen LogP contribution in [0.4, 0.5) is 5.69 Å². The number of aryl methyl sites for hydroxylation is 1. The van der Waals surface area contributed by atoms with Crippen LogP contribution in [0.3, 0.4) is 0 Å². The number of halogens is 1. The smallest absolute Gasteiger partial charge is 0.257 e. The molecule has 25 heavy (non-hydrogen) atoms. The van der Waals surface area contributed by atoms with Gasteiger partial charge in [-0.3, -0.25) is 4.79 Å². The molecule has 0 saturated carbocycles. The van der Waals surface area contributed by atoms with E-state index in [0.29, 0.717) is 18.8 Å². The Morgan fingerprint density at radius 2 is 1.80 bits per heavy atom. The minimum atomic E-state index is -3.66. The molecule has 0 heterocycles. The van der Waals surface area contributed by atoms with Crippen molar-refractivity contribution >= 4 is 33.2 Å². The van der Waals surface area contributed by atoms with E-state index in [1.54, 1.807) is 19.9 Å². The van der Waals surface area contributed by atoms with Crippen molar-refractivity contribution in [3.63, 3.8) is 0 Å². The molecule has 0 aliphatic carbocycles. The minimum absolute atomic E-state index is 0.0509. The first-order valence-corrected chi connectivity index (χ1v) is 9.79. The molecular formula is C18H21ClN2O3S. The lowest BCUT2D eigenvalue weighted by Gasteiger charge is -2.19. The third kappa shape index (κ3) is 4.39. The summed E-state index contributed by atoms with van der Waals surface area (Å²) >= 11 is 6.12. The van der Waals surface area contributed by atoms with Gasteiger partial charge in [0.2, 0.25) is 10.0 Å². The van der Waals surface area contributed by atoms with Crippen LogP contribution in [0.5, 0.6) is 0 Å². The topological polar surface area (TPSA) is 66.5 Å². The Labute approximate surface area is 153 Å². The lowest BCUT2D eigenvalue weighted by Crippen LogP contribution is -2.30. The zero-order chi connectivity index (χ0) is 18.6. The quantitative estimate of drug-likeness (QED) is 0.825. The van der Waals surface area contributed by atoms with Gasteiger partial charge in [0.1, 0.15) is 0 Å². The number of anilines is 1. The Balaban J connectivity index is 2.37. The fourth-order valence-corrected chi connectivity index (χ4v) is 4.16. The van der Waals surface area contributed by atoms with Gasteiger partial charge in [0.15, 0.2) is 0 Å². The molecule has 2 aromatic rings. The van der Waals surface area contributed by atoms with E-state index in [0.717, 1.165) is 5.56 Å². The lowest BCUT2D eigenvalue weighted by atomic mass is 10.2. The highest BCUT2D eigenvalue weighted by Crippen LogP contribution is 2.24. The highest BCUT2D eigenvalue weighted by atomic mass is 35.5. The average molecular weight is 381 g/mol. The summed E-state index contributed by atoms with van der Waals surface area (Å²) in [5, 5.41) is 2.94. The second-order valence-corrected chi connectivity index (χ2v) is 7.90. The van der Waals surface area contributed by atoms with E-state index in [4.69, 9.17) is 11.6 Å². The first-order valence-electron chi connectivity index (χ1n) is 7.97. The van der Waals surface area contributed by atoms with Crippen molar-refractivity contribution in [1.82, 2.24) is 4.31 Å². The van der Waals surface area contributed by atoms with Gasteiger partial charge < -0.3 is 5.32 Å². The first kappa shape index (κ1) is 19.4. The van der Waals surface area contributed by atoms with E-state index in [1.165, 1.54) is 22.5 Å². The third-order valence-electron chi connectivity index (χ3n) is 3.80. The molecule has 1 amide bonds. The standard InChI is InChI=1S/C18H21ClN2O3S/c1-4-21(5-2)25(23,24)15-9-10-17(19)16(12-15)18(22)20-14-8-6-7-13(3)11-14/h6-12H,4-5H2,1-3H3,(H,20,22).